The summed E-state index contributed by atoms with van der Waals surface area (Å²) in [5, 5.41) is 0. The largest absolute Gasteiger partial charge is 0.463 e. The van der Waals surface area contributed by atoms with E-state index in [1.807, 2.05) is 31.2 Å². The maximum atomic E-state index is 5.73. The zero-order valence-corrected chi connectivity index (χ0v) is 13.0. The van der Waals surface area contributed by atoms with Gasteiger partial charge in [0.25, 0.3) is 0 Å². The monoisotopic (exact) mass is 298 g/mol. The molecule has 1 fully saturated rings. The third kappa shape index (κ3) is 3.93. The van der Waals surface area contributed by atoms with Gasteiger partial charge in [-0.1, -0.05) is 6.07 Å². The summed E-state index contributed by atoms with van der Waals surface area (Å²) < 4.78 is 5.73. The Bertz CT molecular complexity index is 597. The van der Waals surface area contributed by atoms with Gasteiger partial charge in [0.2, 0.25) is 0 Å². The number of aromatic nitrogens is 3. The first-order chi connectivity index (χ1) is 10.8. The molecule has 5 heteroatoms. The molecule has 2 aromatic rings. The Morgan fingerprint density at radius 1 is 1.14 bits per heavy atom. The van der Waals surface area contributed by atoms with E-state index >= 15 is 0 Å². The maximum Gasteiger partial charge on any atom is 0.318 e. The molecule has 0 aliphatic carbocycles. The molecule has 0 unspecified atom stereocenters. The van der Waals surface area contributed by atoms with E-state index in [9.17, 15) is 0 Å². The molecule has 1 aliphatic rings. The number of hydrogen-bond acceptors (Lipinski definition) is 5. The highest BCUT2D eigenvalue weighted by molar-refractivity contribution is 5.40. The van der Waals surface area contributed by atoms with Gasteiger partial charge >= 0.3 is 6.01 Å². The Morgan fingerprint density at radius 3 is 2.77 bits per heavy atom. The molecule has 2 aromatic heterocycles. The van der Waals surface area contributed by atoms with Crippen LogP contribution in [-0.2, 0) is 6.42 Å². The molecular weight excluding hydrogens is 276 g/mol. The number of pyridine rings is 1. The first-order valence-electron chi connectivity index (χ1n) is 7.94. The van der Waals surface area contributed by atoms with E-state index in [1.165, 1.54) is 19.3 Å². The van der Waals surface area contributed by atoms with Gasteiger partial charge in [0.1, 0.15) is 5.82 Å². The lowest BCUT2D eigenvalue weighted by molar-refractivity contribution is 0.294. The van der Waals surface area contributed by atoms with Crippen LogP contribution in [0.25, 0.3) is 0 Å². The molecule has 3 rings (SSSR count). The van der Waals surface area contributed by atoms with Crippen molar-refractivity contribution in [2.45, 2.75) is 32.6 Å². The van der Waals surface area contributed by atoms with Crippen LogP contribution in [0.5, 0.6) is 6.01 Å². The third-order valence-corrected chi connectivity index (χ3v) is 3.82. The Labute approximate surface area is 131 Å². The summed E-state index contributed by atoms with van der Waals surface area (Å²) in [5.74, 6) is 0.986. The maximum absolute atomic E-state index is 5.73. The Balaban J connectivity index is 1.62. The molecule has 0 spiro atoms. The van der Waals surface area contributed by atoms with Crippen LogP contribution in [-0.4, -0.2) is 34.6 Å². The van der Waals surface area contributed by atoms with Crippen LogP contribution >= 0.6 is 0 Å². The molecule has 22 heavy (non-hydrogen) atoms. The highest BCUT2D eigenvalue weighted by Gasteiger charge is 2.14. The molecule has 0 radical (unpaired) electrons. The van der Waals surface area contributed by atoms with Gasteiger partial charge in [-0.15, -0.1) is 0 Å². The molecule has 1 saturated heterocycles. The summed E-state index contributed by atoms with van der Waals surface area (Å²) in [4.78, 5) is 15.6. The lowest BCUT2D eigenvalue weighted by Crippen LogP contribution is -2.30. The second-order valence-electron chi connectivity index (χ2n) is 5.62. The van der Waals surface area contributed by atoms with E-state index in [0.717, 1.165) is 36.7 Å². The number of aryl methyl sites for hydroxylation is 1. The predicted octanol–water partition coefficient (Wildman–Crippen LogP) is 2.79. The number of ether oxygens (including phenoxy) is 1. The molecule has 0 amide bonds. The predicted molar refractivity (Wildman–Crippen MR) is 86.3 cm³/mol. The smallest absolute Gasteiger partial charge is 0.318 e. The van der Waals surface area contributed by atoms with Gasteiger partial charge in [0.05, 0.1) is 6.61 Å². The fourth-order valence-corrected chi connectivity index (χ4v) is 2.67. The average Bonchev–Trinajstić information content (AvgIpc) is 2.56. The van der Waals surface area contributed by atoms with Crippen molar-refractivity contribution < 1.29 is 4.74 Å². The van der Waals surface area contributed by atoms with Crippen molar-refractivity contribution in [1.82, 2.24) is 15.0 Å². The first-order valence-corrected chi connectivity index (χ1v) is 7.94. The van der Waals surface area contributed by atoms with Crippen molar-refractivity contribution in [2.75, 3.05) is 24.6 Å². The molecule has 0 N–H and O–H groups in total. The second-order valence-corrected chi connectivity index (χ2v) is 5.62. The molecule has 3 heterocycles. The van der Waals surface area contributed by atoms with Crippen LogP contribution in [0.4, 0.5) is 5.82 Å². The van der Waals surface area contributed by atoms with Gasteiger partial charge in [-0.25, -0.2) is 4.98 Å². The van der Waals surface area contributed by atoms with E-state index < -0.39 is 0 Å². The van der Waals surface area contributed by atoms with Crippen LogP contribution in [0.1, 0.15) is 30.7 Å². The van der Waals surface area contributed by atoms with Crippen LogP contribution in [0, 0.1) is 6.92 Å². The van der Waals surface area contributed by atoms with Crippen LogP contribution in [0.3, 0.4) is 0 Å². The molecule has 0 saturated carbocycles. The summed E-state index contributed by atoms with van der Waals surface area (Å²) in [6.45, 7) is 4.67. The Kier molecular flexibility index (Phi) is 4.83. The minimum Gasteiger partial charge on any atom is -0.463 e. The summed E-state index contributed by atoms with van der Waals surface area (Å²) in [7, 11) is 0. The highest BCUT2D eigenvalue weighted by atomic mass is 16.5. The standard InChI is InChI=1S/C17H22N4O/c1-14-13-16(21-10-5-2-6-11-21)20-17(19-14)22-12-8-15-7-3-4-9-18-15/h3-4,7,9,13H,2,5-6,8,10-12H2,1H3. The molecule has 5 nitrogen and oxygen atoms in total. The van der Waals surface area contributed by atoms with Gasteiger partial charge in [0, 0.05) is 43.2 Å². The second kappa shape index (κ2) is 7.20. The van der Waals surface area contributed by atoms with Gasteiger partial charge in [-0.3, -0.25) is 4.98 Å². The zero-order valence-electron chi connectivity index (χ0n) is 13.0. The lowest BCUT2D eigenvalue weighted by atomic mass is 10.1. The van der Waals surface area contributed by atoms with Crippen molar-refractivity contribution in [1.29, 1.82) is 0 Å². The zero-order chi connectivity index (χ0) is 15.2. The summed E-state index contributed by atoms with van der Waals surface area (Å²) >= 11 is 0. The summed E-state index contributed by atoms with van der Waals surface area (Å²) in [6.07, 6.45) is 6.34. The van der Waals surface area contributed by atoms with E-state index in [1.54, 1.807) is 6.20 Å². The van der Waals surface area contributed by atoms with Crippen LogP contribution in [0.15, 0.2) is 30.5 Å². The minimum atomic E-state index is 0.469. The minimum absolute atomic E-state index is 0.469. The molecular formula is C17H22N4O. The van der Waals surface area contributed by atoms with Gasteiger partial charge in [-0.05, 0) is 38.3 Å². The number of hydrogen-bond donors (Lipinski definition) is 0. The van der Waals surface area contributed by atoms with Crippen molar-refractivity contribution in [3.8, 4) is 6.01 Å². The van der Waals surface area contributed by atoms with Crippen molar-refractivity contribution in [3.63, 3.8) is 0 Å². The normalized spacial score (nSPS) is 14.9. The van der Waals surface area contributed by atoms with E-state index in [-0.39, 0.29) is 0 Å². The Morgan fingerprint density at radius 2 is 2.00 bits per heavy atom. The SMILES string of the molecule is Cc1cc(N2CCCCC2)nc(OCCc2ccccn2)n1. The summed E-state index contributed by atoms with van der Waals surface area (Å²) in [6, 6.07) is 8.41. The number of piperidine rings is 1. The van der Waals surface area contributed by atoms with Crippen molar-refractivity contribution in [3.05, 3.63) is 41.9 Å². The van der Waals surface area contributed by atoms with Gasteiger partial charge < -0.3 is 9.64 Å². The van der Waals surface area contributed by atoms with Gasteiger partial charge in [-0.2, -0.15) is 4.98 Å². The van der Waals surface area contributed by atoms with Gasteiger partial charge in [0.15, 0.2) is 0 Å². The van der Waals surface area contributed by atoms with Crippen LogP contribution < -0.4 is 9.64 Å². The molecule has 0 atom stereocenters. The first kappa shape index (κ1) is 14.8. The third-order valence-electron chi connectivity index (χ3n) is 3.82. The highest BCUT2D eigenvalue weighted by Crippen LogP contribution is 2.20. The fraction of sp³-hybridized carbons (Fsp3) is 0.471. The topological polar surface area (TPSA) is 51.1 Å². The quantitative estimate of drug-likeness (QED) is 0.849. The number of nitrogens with zero attached hydrogens (tertiary/aromatic N) is 4. The fourth-order valence-electron chi connectivity index (χ4n) is 2.67. The molecule has 0 aromatic carbocycles. The Hall–Kier alpha value is -2.17. The van der Waals surface area contributed by atoms with E-state index in [2.05, 4.69) is 19.9 Å². The number of anilines is 1. The number of rotatable bonds is 5. The molecule has 116 valence electrons. The van der Waals surface area contributed by atoms with E-state index in [0.29, 0.717) is 12.6 Å². The molecule has 0 bridgehead atoms. The molecule has 1 aliphatic heterocycles. The van der Waals surface area contributed by atoms with Crippen LogP contribution in [0.2, 0.25) is 0 Å². The van der Waals surface area contributed by atoms with Crippen molar-refractivity contribution >= 4 is 5.82 Å². The average molecular weight is 298 g/mol. The van der Waals surface area contributed by atoms with E-state index in [4.69, 9.17) is 4.74 Å². The lowest BCUT2D eigenvalue weighted by Gasteiger charge is -2.27. The van der Waals surface area contributed by atoms with Crippen molar-refractivity contribution in [2.24, 2.45) is 0 Å². The summed E-state index contributed by atoms with van der Waals surface area (Å²) in [5.41, 5.74) is 1.97.